The molecule has 0 bridgehead atoms. The van der Waals surface area contributed by atoms with Crippen molar-refractivity contribution in [3.05, 3.63) is 69.2 Å². The lowest BCUT2D eigenvalue weighted by Gasteiger charge is -2.05. The first-order chi connectivity index (χ1) is 8.74. The van der Waals surface area contributed by atoms with Gasteiger partial charge < -0.3 is 5.32 Å². The number of hydrogen-bond acceptors (Lipinski definition) is 1. The Morgan fingerprint density at radius 2 is 1.50 bits per heavy atom. The van der Waals surface area contributed by atoms with Gasteiger partial charge in [0.05, 0.1) is 0 Å². The summed E-state index contributed by atoms with van der Waals surface area (Å²) in [4.78, 5) is 0. The quantitative estimate of drug-likeness (QED) is 0.802. The van der Waals surface area contributed by atoms with Gasteiger partial charge in [0.2, 0.25) is 0 Å². The molecule has 0 aliphatic heterocycles. The predicted molar refractivity (Wildman–Crippen MR) is 81.0 cm³/mol. The van der Waals surface area contributed by atoms with Crippen LogP contribution < -0.4 is 5.32 Å². The minimum absolute atomic E-state index is 0.793. The van der Waals surface area contributed by atoms with E-state index >= 15 is 0 Å². The van der Waals surface area contributed by atoms with Crippen molar-refractivity contribution in [2.45, 2.75) is 13.0 Å². The van der Waals surface area contributed by atoms with Crippen LogP contribution in [0.4, 0.5) is 0 Å². The van der Waals surface area contributed by atoms with Crippen LogP contribution in [0.1, 0.15) is 11.1 Å². The van der Waals surface area contributed by atoms with E-state index in [2.05, 4.69) is 57.6 Å². The third-order valence-corrected chi connectivity index (χ3v) is 3.53. The topological polar surface area (TPSA) is 12.0 Å². The van der Waals surface area contributed by atoms with Crippen molar-refractivity contribution in [1.29, 1.82) is 0 Å². The number of benzene rings is 2. The molecule has 0 aliphatic rings. The summed E-state index contributed by atoms with van der Waals surface area (Å²) in [7, 11) is 0. The highest BCUT2D eigenvalue weighted by atomic mass is 79.9. The van der Waals surface area contributed by atoms with Crippen molar-refractivity contribution in [3.8, 4) is 0 Å². The monoisotopic (exact) mass is 323 g/mol. The van der Waals surface area contributed by atoms with Crippen LogP contribution in [0.25, 0.3) is 0 Å². The fourth-order valence-electron chi connectivity index (χ4n) is 1.72. The van der Waals surface area contributed by atoms with Crippen molar-refractivity contribution in [2.75, 3.05) is 6.54 Å². The molecule has 94 valence electrons. The van der Waals surface area contributed by atoms with Gasteiger partial charge in [0.1, 0.15) is 0 Å². The number of hydrogen-bond donors (Lipinski definition) is 1. The zero-order valence-electron chi connectivity index (χ0n) is 10.00. The summed E-state index contributed by atoms with van der Waals surface area (Å²) in [6.07, 6.45) is 1.02. The highest BCUT2D eigenvalue weighted by Gasteiger charge is 1.95. The molecule has 0 saturated carbocycles. The van der Waals surface area contributed by atoms with E-state index < -0.39 is 0 Å². The number of nitrogens with one attached hydrogen (secondary N) is 1. The average molecular weight is 325 g/mol. The normalized spacial score (nSPS) is 10.6. The molecule has 0 atom stereocenters. The van der Waals surface area contributed by atoms with Crippen LogP contribution in [0.3, 0.4) is 0 Å². The van der Waals surface area contributed by atoms with Gasteiger partial charge >= 0.3 is 0 Å². The van der Waals surface area contributed by atoms with Gasteiger partial charge in [-0.15, -0.1) is 0 Å². The maximum Gasteiger partial charge on any atom is 0.0406 e. The molecule has 0 unspecified atom stereocenters. The standard InChI is InChI=1S/C15H15BrClN/c16-14-5-1-13(2-6-14)11-18-10-9-12-3-7-15(17)8-4-12/h1-8,18H,9-11H2. The summed E-state index contributed by atoms with van der Waals surface area (Å²) >= 11 is 9.28. The van der Waals surface area contributed by atoms with E-state index in [0.717, 1.165) is 29.0 Å². The van der Waals surface area contributed by atoms with Crippen LogP contribution in [0.5, 0.6) is 0 Å². The zero-order chi connectivity index (χ0) is 12.8. The minimum Gasteiger partial charge on any atom is -0.312 e. The highest BCUT2D eigenvalue weighted by molar-refractivity contribution is 9.10. The molecule has 2 aromatic rings. The lowest BCUT2D eigenvalue weighted by atomic mass is 10.1. The molecule has 0 radical (unpaired) electrons. The Morgan fingerprint density at radius 3 is 2.17 bits per heavy atom. The van der Waals surface area contributed by atoms with Gasteiger partial charge in [0, 0.05) is 16.0 Å². The molecular formula is C15H15BrClN. The van der Waals surface area contributed by atoms with E-state index in [-0.39, 0.29) is 0 Å². The minimum atomic E-state index is 0.793. The summed E-state index contributed by atoms with van der Waals surface area (Å²) in [6.45, 7) is 1.87. The molecule has 2 rings (SSSR count). The van der Waals surface area contributed by atoms with Crippen LogP contribution in [0.15, 0.2) is 53.0 Å². The van der Waals surface area contributed by atoms with Gasteiger partial charge in [-0.1, -0.05) is 51.8 Å². The van der Waals surface area contributed by atoms with Crippen LogP contribution >= 0.6 is 27.5 Å². The average Bonchev–Trinajstić information content (AvgIpc) is 2.39. The molecule has 0 amide bonds. The Balaban J connectivity index is 1.73. The number of halogens is 2. The Kier molecular flexibility index (Phi) is 5.24. The van der Waals surface area contributed by atoms with E-state index in [1.165, 1.54) is 11.1 Å². The fourth-order valence-corrected chi connectivity index (χ4v) is 2.11. The smallest absolute Gasteiger partial charge is 0.0406 e. The summed E-state index contributed by atoms with van der Waals surface area (Å²) in [5.74, 6) is 0. The van der Waals surface area contributed by atoms with E-state index in [1.807, 2.05) is 12.1 Å². The Morgan fingerprint density at radius 1 is 0.889 bits per heavy atom. The Labute approximate surface area is 121 Å². The third-order valence-electron chi connectivity index (χ3n) is 2.75. The SMILES string of the molecule is Clc1ccc(CCNCc2ccc(Br)cc2)cc1. The fraction of sp³-hybridized carbons (Fsp3) is 0.200. The van der Waals surface area contributed by atoms with Crippen molar-refractivity contribution in [1.82, 2.24) is 5.32 Å². The first-order valence-electron chi connectivity index (χ1n) is 5.93. The molecule has 0 saturated heterocycles. The first kappa shape index (κ1) is 13.6. The van der Waals surface area contributed by atoms with Crippen molar-refractivity contribution in [3.63, 3.8) is 0 Å². The molecule has 0 spiro atoms. The van der Waals surface area contributed by atoms with Gasteiger partial charge in [-0.2, -0.15) is 0 Å². The maximum absolute atomic E-state index is 5.85. The van der Waals surface area contributed by atoms with Gasteiger partial charge in [0.25, 0.3) is 0 Å². The summed E-state index contributed by atoms with van der Waals surface area (Å²) in [5, 5.41) is 4.23. The summed E-state index contributed by atoms with van der Waals surface area (Å²) in [6, 6.07) is 16.4. The highest BCUT2D eigenvalue weighted by Crippen LogP contribution is 2.11. The van der Waals surface area contributed by atoms with E-state index in [4.69, 9.17) is 11.6 Å². The predicted octanol–water partition coefficient (Wildman–Crippen LogP) is 4.43. The molecule has 0 fully saturated rings. The molecule has 18 heavy (non-hydrogen) atoms. The largest absolute Gasteiger partial charge is 0.312 e. The third kappa shape index (κ3) is 4.45. The summed E-state index contributed by atoms with van der Waals surface area (Å²) < 4.78 is 1.12. The first-order valence-corrected chi connectivity index (χ1v) is 7.11. The molecule has 0 heterocycles. The van der Waals surface area contributed by atoms with Crippen LogP contribution in [-0.4, -0.2) is 6.54 Å². The molecule has 1 N–H and O–H groups in total. The second-order valence-electron chi connectivity index (χ2n) is 4.18. The lowest BCUT2D eigenvalue weighted by molar-refractivity contribution is 0.687. The van der Waals surface area contributed by atoms with Crippen molar-refractivity contribution in [2.24, 2.45) is 0 Å². The van der Waals surface area contributed by atoms with Gasteiger partial charge in [-0.3, -0.25) is 0 Å². The molecule has 3 heteroatoms. The van der Waals surface area contributed by atoms with Crippen molar-refractivity contribution < 1.29 is 0 Å². The Hall–Kier alpha value is -0.830. The second kappa shape index (κ2) is 6.93. The van der Waals surface area contributed by atoms with Crippen molar-refractivity contribution >= 4 is 27.5 Å². The Bertz CT molecular complexity index is 431. The molecule has 0 aliphatic carbocycles. The molecule has 1 nitrogen and oxygen atoms in total. The maximum atomic E-state index is 5.85. The van der Waals surface area contributed by atoms with E-state index in [0.29, 0.717) is 0 Å². The van der Waals surface area contributed by atoms with Crippen LogP contribution in [0, 0.1) is 0 Å². The van der Waals surface area contributed by atoms with E-state index in [9.17, 15) is 0 Å². The molecular weight excluding hydrogens is 310 g/mol. The second-order valence-corrected chi connectivity index (χ2v) is 5.53. The number of rotatable bonds is 5. The zero-order valence-corrected chi connectivity index (χ0v) is 12.3. The van der Waals surface area contributed by atoms with Crippen LogP contribution in [-0.2, 0) is 13.0 Å². The van der Waals surface area contributed by atoms with Gasteiger partial charge in [-0.25, -0.2) is 0 Å². The molecule has 2 aromatic carbocycles. The van der Waals surface area contributed by atoms with Crippen LogP contribution in [0.2, 0.25) is 5.02 Å². The lowest BCUT2D eigenvalue weighted by Crippen LogP contribution is -2.16. The van der Waals surface area contributed by atoms with Gasteiger partial charge in [-0.05, 0) is 48.4 Å². The molecule has 0 aromatic heterocycles. The summed E-state index contributed by atoms with van der Waals surface area (Å²) in [5.41, 5.74) is 2.61. The van der Waals surface area contributed by atoms with Gasteiger partial charge in [0.15, 0.2) is 0 Å². The van der Waals surface area contributed by atoms with E-state index in [1.54, 1.807) is 0 Å².